The lowest BCUT2D eigenvalue weighted by Crippen LogP contribution is -2.14. The zero-order valence-corrected chi connectivity index (χ0v) is 12.5. The molecule has 4 nitrogen and oxygen atoms in total. The number of nitrogens with one attached hydrogen (secondary N) is 2. The first-order chi connectivity index (χ1) is 10.9. The molecule has 2 aromatic carbocycles. The van der Waals surface area contributed by atoms with Gasteiger partial charge in [-0.05, 0) is 42.3 Å². The van der Waals surface area contributed by atoms with E-state index in [2.05, 4.69) is 10.6 Å². The maximum atomic E-state index is 13.7. The number of rotatable bonds is 5. The van der Waals surface area contributed by atoms with Gasteiger partial charge in [-0.25, -0.2) is 8.78 Å². The maximum absolute atomic E-state index is 13.7. The predicted molar refractivity (Wildman–Crippen MR) is 84.1 cm³/mol. The molecule has 0 radical (unpaired) electrons. The molecule has 2 amide bonds. The van der Waals surface area contributed by atoms with Crippen LogP contribution in [0.5, 0.6) is 0 Å². The van der Waals surface area contributed by atoms with E-state index < -0.39 is 5.82 Å². The van der Waals surface area contributed by atoms with Crippen LogP contribution in [0.1, 0.15) is 18.9 Å². The van der Waals surface area contributed by atoms with Gasteiger partial charge in [0.05, 0.1) is 5.69 Å². The number of hydrogen-bond acceptors (Lipinski definition) is 2. The molecule has 0 heterocycles. The van der Waals surface area contributed by atoms with Gasteiger partial charge in [0.15, 0.2) is 0 Å². The normalized spacial score (nSPS) is 10.2. The van der Waals surface area contributed by atoms with E-state index in [-0.39, 0.29) is 29.7 Å². The summed E-state index contributed by atoms with van der Waals surface area (Å²) in [6.45, 7) is 1.34. The summed E-state index contributed by atoms with van der Waals surface area (Å²) in [5.74, 6) is -1.58. The van der Waals surface area contributed by atoms with Gasteiger partial charge < -0.3 is 10.6 Å². The number of anilines is 2. The maximum Gasteiger partial charge on any atom is 0.224 e. The summed E-state index contributed by atoms with van der Waals surface area (Å²) in [6, 6.07) is 9.77. The molecule has 0 fully saturated rings. The average molecular weight is 318 g/mol. The number of carbonyl (C=O) groups is 2. The van der Waals surface area contributed by atoms with Crippen LogP contribution in [0.2, 0.25) is 0 Å². The van der Waals surface area contributed by atoms with Crippen molar-refractivity contribution in [3.63, 3.8) is 0 Å². The fourth-order valence-corrected chi connectivity index (χ4v) is 2.02. The molecule has 2 N–H and O–H groups in total. The summed E-state index contributed by atoms with van der Waals surface area (Å²) >= 11 is 0. The summed E-state index contributed by atoms with van der Waals surface area (Å²) in [7, 11) is 0. The Morgan fingerprint density at radius 3 is 2.35 bits per heavy atom. The van der Waals surface area contributed by atoms with Crippen molar-refractivity contribution in [2.45, 2.75) is 19.8 Å². The second-order valence-electron chi connectivity index (χ2n) is 5.05. The van der Waals surface area contributed by atoms with E-state index in [9.17, 15) is 18.4 Å². The summed E-state index contributed by atoms with van der Waals surface area (Å²) in [5, 5.41) is 4.98. The predicted octanol–water partition coefficient (Wildman–Crippen LogP) is 3.49. The monoisotopic (exact) mass is 318 g/mol. The van der Waals surface area contributed by atoms with Crippen LogP contribution < -0.4 is 10.6 Å². The van der Waals surface area contributed by atoms with Gasteiger partial charge in [0.25, 0.3) is 0 Å². The Labute approximate surface area is 132 Å². The Hall–Kier alpha value is -2.76. The molecule has 0 saturated heterocycles. The zero-order valence-electron chi connectivity index (χ0n) is 12.5. The molecule has 0 unspecified atom stereocenters. The van der Waals surface area contributed by atoms with Gasteiger partial charge in [-0.3, -0.25) is 9.59 Å². The number of halogens is 2. The minimum absolute atomic E-state index is 0.000330. The molecule has 2 aromatic rings. The van der Waals surface area contributed by atoms with Crippen molar-refractivity contribution in [3.8, 4) is 0 Å². The van der Waals surface area contributed by atoms with Crippen molar-refractivity contribution in [1.82, 2.24) is 0 Å². The van der Waals surface area contributed by atoms with E-state index in [4.69, 9.17) is 0 Å². The third kappa shape index (κ3) is 5.18. The summed E-state index contributed by atoms with van der Waals surface area (Å²) in [4.78, 5) is 22.9. The summed E-state index contributed by atoms with van der Waals surface area (Å²) < 4.78 is 26.5. The van der Waals surface area contributed by atoms with Crippen molar-refractivity contribution in [2.75, 3.05) is 10.6 Å². The Morgan fingerprint density at radius 2 is 1.70 bits per heavy atom. The zero-order chi connectivity index (χ0) is 16.8. The second-order valence-corrected chi connectivity index (χ2v) is 5.05. The molecule has 0 aliphatic heterocycles. The molecule has 23 heavy (non-hydrogen) atoms. The van der Waals surface area contributed by atoms with Crippen LogP contribution in [0, 0.1) is 11.6 Å². The van der Waals surface area contributed by atoms with Crippen LogP contribution in [-0.2, 0) is 16.0 Å². The van der Waals surface area contributed by atoms with Gasteiger partial charge in [-0.2, -0.15) is 0 Å². The molecular weight excluding hydrogens is 302 g/mol. The molecular formula is C17H16F2N2O2. The van der Waals surface area contributed by atoms with E-state index in [1.54, 1.807) is 12.1 Å². The molecule has 0 aliphatic rings. The molecule has 0 aromatic heterocycles. The van der Waals surface area contributed by atoms with Crippen LogP contribution in [0.3, 0.4) is 0 Å². The fraction of sp³-hybridized carbons (Fsp3) is 0.176. The van der Waals surface area contributed by atoms with Gasteiger partial charge in [0.2, 0.25) is 11.8 Å². The number of benzene rings is 2. The number of amides is 2. The minimum Gasteiger partial charge on any atom is -0.326 e. The highest BCUT2D eigenvalue weighted by Crippen LogP contribution is 2.20. The first-order valence-electron chi connectivity index (χ1n) is 7.05. The first-order valence-corrected chi connectivity index (χ1v) is 7.05. The Balaban J connectivity index is 1.96. The molecule has 0 saturated carbocycles. The number of hydrogen-bond donors (Lipinski definition) is 2. The van der Waals surface area contributed by atoms with Crippen molar-refractivity contribution in [2.24, 2.45) is 0 Å². The van der Waals surface area contributed by atoms with Gasteiger partial charge in [0.1, 0.15) is 11.6 Å². The standard InChI is InChI=1S/C17H16F2N2O2/c1-11(22)20-14-7-8-15(19)16(10-14)21-17(23)9-4-12-2-5-13(18)6-3-12/h2-3,5-8,10H,4,9H2,1H3,(H,20,22)(H,21,23). The summed E-state index contributed by atoms with van der Waals surface area (Å²) in [5.41, 5.74) is 1.21. The van der Waals surface area contributed by atoms with E-state index in [1.807, 2.05) is 0 Å². The van der Waals surface area contributed by atoms with Gasteiger partial charge >= 0.3 is 0 Å². The van der Waals surface area contributed by atoms with Gasteiger partial charge in [-0.1, -0.05) is 12.1 Å². The van der Waals surface area contributed by atoms with Crippen LogP contribution in [0.4, 0.5) is 20.2 Å². The van der Waals surface area contributed by atoms with Crippen LogP contribution >= 0.6 is 0 Å². The molecule has 0 atom stereocenters. The number of carbonyl (C=O) groups excluding carboxylic acids is 2. The van der Waals surface area contributed by atoms with Crippen LogP contribution in [0.15, 0.2) is 42.5 Å². The quantitative estimate of drug-likeness (QED) is 0.886. The van der Waals surface area contributed by atoms with E-state index in [0.717, 1.165) is 5.56 Å². The van der Waals surface area contributed by atoms with Crippen molar-refractivity contribution >= 4 is 23.2 Å². The highest BCUT2D eigenvalue weighted by atomic mass is 19.1. The molecule has 2 rings (SSSR count). The average Bonchev–Trinajstić information content (AvgIpc) is 2.49. The highest BCUT2D eigenvalue weighted by Gasteiger charge is 2.09. The lowest BCUT2D eigenvalue weighted by molar-refractivity contribution is -0.116. The molecule has 6 heteroatoms. The molecule has 0 spiro atoms. The Morgan fingerprint density at radius 1 is 1.00 bits per heavy atom. The Kier molecular flexibility index (Phi) is 5.41. The molecule has 120 valence electrons. The van der Waals surface area contributed by atoms with Gasteiger partial charge in [-0.15, -0.1) is 0 Å². The third-order valence-electron chi connectivity index (χ3n) is 3.11. The van der Waals surface area contributed by atoms with E-state index >= 15 is 0 Å². The smallest absolute Gasteiger partial charge is 0.224 e. The minimum atomic E-state index is -0.589. The van der Waals surface area contributed by atoms with Crippen molar-refractivity contribution in [1.29, 1.82) is 0 Å². The lowest BCUT2D eigenvalue weighted by atomic mass is 10.1. The number of aryl methyl sites for hydroxylation is 1. The third-order valence-corrected chi connectivity index (χ3v) is 3.11. The van der Waals surface area contributed by atoms with Crippen molar-refractivity contribution < 1.29 is 18.4 Å². The topological polar surface area (TPSA) is 58.2 Å². The van der Waals surface area contributed by atoms with Gasteiger partial charge in [0, 0.05) is 19.0 Å². The molecule has 0 aliphatic carbocycles. The lowest BCUT2D eigenvalue weighted by Gasteiger charge is -2.09. The van der Waals surface area contributed by atoms with E-state index in [0.29, 0.717) is 12.1 Å². The first kappa shape index (κ1) is 16.6. The summed E-state index contributed by atoms with van der Waals surface area (Å²) in [6.07, 6.45) is 0.550. The second kappa shape index (κ2) is 7.49. The fourth-order valence-electron chi connectivity index (χ4n) is 2.02. The van der Waals surface area contributed by atoms with Crippen LogP contribution in [0.25, 0.3) is 0 Å². The largest absolute Gasteiger partial charge is 0.326 e. The van der Waals surface area contributed by atoms with E-state index in [1.165, 1.54) is 37.3 Å². The van der Waals surface area contributed by atoms with Crippen molar-refractivity contribution in [3.05, 3.63) is 59.7 Å². The highest BCUT2D eigenvalue weighted by molar-refractivity contribution is 5.93. The molecule has 0 bridgehead atoms. The SMILES string of the molecule is CC(=O)Nc1ccc(F)c(NC(=O)CCc2ccc(F)cc2)c1. The Bertz CT molecular complexity index is 715. The van der Waals surface area contributed by atoms with Crippen LogP contribution in [-0.4, -0.2) is 11.8 Å².